The molecule has 2 saturated heterocycles. The fraction of sp³-hybridized carbons (Fsp3) is 0.296. The number of fused-ring (bicyclic) bond motifs is 4. The summed E-state index contributed by atoms with van der Waals surface area (Å²) in [4.78, 5) is 22.3. The van der Waals surface area contributed by atoms with Crippen molar-refractivity contribution in [3.8, 4) is 22.9 Å². The van der Waals surface area contributed by atoms with Crippen molar-refractivity contribution in [2.75, 3.05) is 18.0 Å². The van der Waals surface area contributed by atoms with Gasteiger partial charge >= 0.3 is 6.01 Å². The van der Waals surface area contributed by atoms with E-state index in [-0.39, 0.29) is 27.9 Å². The van der Waals surface area contributed by atoms with E-state index in [0.717, 1.165) is 23.6 Å². The highest BCUT2D eigenvalue weighted by Gasteiger charge is 2.34. The smallest absolute Gasteiger partial charge is 0.319 e. The van der Waals surface area contributed by atoms with E-state index in [2.05, 4.69) is 20.2 Å². The van der Waals surface area contributed by atoms with Gasteiger partial charge in [-0.15, -0.1) is 0 Å². The monoisotopic (exact) mass is 506 g/mol. The molecule has 2 aliphatic heterocycles. The van der Waals surface area contributed by atoms with Crippen LogP contribution in [0.25, 0.3) is 32.8 Å². The molecule has 0 spiro atoms. The first kappa shape index (κ1) is 22.9. The number of anilines is 1. The number of aromatic hydroxyl groups is 1. The zero-order valence-electron chi connectivity index (χ0n) is 19.5. The number of halogens is 2. The summed E-state index contributed by atoms with van der Waals surface area (Å²) in [5.41, 5.74) is 0.639. The molecule has 3 aromatic carbocycles. The lowest BCUT2D eigenvalue weighted by atomic mass is 9.96. The van der Waals surface area contributed by atoms with Crippen LogP contribution in [-0.4, -0.2) is 52.6 Å². The molecule has 0 amide bonds. The standard InChI is InChI=1S/C27H24ClFN4O3/c1-14(13-34)36-27-31-25-21(26(32-27)33-11-16-6-7-17(12-33)30-16)10-22(28)23(24(25)29)20-9-18(35)8-15-4-2-3-5-19(15)20/h2-5,8-10,13-14,16-17,30,35H,6-7,11-12H2,1H3/t14-,16?,17?/m1/s1. The first-order valence-corrected chi connectivity index (χ1v) is 12.3. The average Bonchev–Trinajstić information content (AvgIpc) is 3.21. The third-order valence-electron chi connectivity index (χ3n) is 6.96. The van der Waals surface area contributed by atoms with Gasteiger partial charge in [0, 0.05) is 36.1 Å². The Balaban J connectivity index is 1.59. The molecule has 9 heteroatoms. The van der Waals surface area contributed by atoms with Gasteiger partial charge in [-0.1, -0.05) is 35.9 Å². The van der Waals surface area contributed by atoms with E-state index in [9.17, 15) is 9.90 Å². The fourth-order valence-electron chi connectivity index (χ4n) is 5.37. The first-order chi connectivity index (χ1) is 17.4. The van der Waals surface area contributed by atoms with E-state index >= 15 is 4.39 Å². The molecule has 0 radical (unpaired) electrons. The predicted molar refractivity (Wildman–Crippen MR) is 137 cm³/mol. The summed E-state index contributed by atoms with van der Waals surface area (Å²) in [7, 11) is 0. The van der Waals surface area contributed by atoms with E-state index in [0.29, 0.717) is 48.2 Å². The number of carbonyl (C=O) groups is 1. The lowest BCUT2D eigenvalue weighted by molar-refractivity contribution is -0.113. The number of ether oxygens (including phenoxy) is 1. The van der Waals surface area contributed by atoms with Crippen LogP contribution >= 0.6 is 11.6 Å². The van der Waals surface area contributed by atoms with Crippen LogP contribution in [0.1, 0.15) is 19.8 Å². The van der Waals surface area contributed by atoms with Crippen molar-refractivity contribution in [1.29, 1.82) is 0 Å². The number of phenolic OH excluding ortho intramolecular Hbond substituents is 1. The summed E-state index contributed by atoms with van der Waals surface area (Å²) in [6.45, 7) is 3.00. The molecule has 184 valence electrons. The Morgan fingerprint density at radius 1 is 1.17 bits per heavy atom. The summed E-state index contributed by atoms with van der Waals surface area (Å²) in [5.74, 6) is -0.110. The predicted octanol–water partition coefficient (Wildman–Crippen LogP) is 4.85. The second-order valence-corrected chi connectivity index (χ2v) is 9.90. The number of nitrogens with zero attached hydrogens (tertiary/aromatic N) is 3. The number of phenols is 1. The molecule has 4 aromatic rings. The Morgan fingerprint density at radius 2 is 1.92 bits per heavy atom. The van der Waals surface area contributed by atoms with Crippen LogP contribution in [-0.2, 0) is 4.79 Å². The molecule has 6 rings (SSSR count). The van der Waals surface area contributed by atoms with Gasteiger partial charge < -0.3 is 20.1 Å². The van der Waals surface area contributed by atoms with E-state index in [1.165, 1.54) is 6.07 Å². The highest BCUT2D eigenvalue weighted by molar-refractivity contribution is 6.35. The van der Waals surface area contributed by atoms with Gasteiger partial charge in [0.05, 0.1) is 5.02 Å². The second-order valence-electron chi connectivity index (χ2n) is 9.49. The molecule has 2 fully saturated rings. The number of hydrogen-bond donors (Lipinski definition) is 2. The number of rotatable bonds is 5. The number of benzene rings is 3. The minimum absolute atomic E-state index is 0.00256. The molecule has 1 aromatic heterocycles. The SMILES string of the molecule is C[C@H](C=O)Oc1nc(N2CC3CCC(C2)N3)c2cc(Cl)c(-c3cc(O)cc4ccccc34)c(F)c2n1. The summed E-state index contributed by atoms with van der Waals surface area (Å²) in [6, 6.07) is 12.8. The number of aldehydes is 1. The van der Waals surface area contributed by atoms with E-state index in [1.807, 2.05) is 24.3 Å². The van der Waals surface area contributed by atoms with Crippen molar-refractivity contribution in [3.05, 3.63) is 53.3 Å². The van der Waals surface area contributed by atoms with Gasteiger partial charge in [0.15, 0.2) is 18.2 Å². The highest BCUT2D eigenvalue weighted by Crippen LogP contribution is 2.42. The zero-order valence-corrected chi connectivity index (χ0v) is 20.3. The van der Waals surface area contributed by atoms with Crippen LogP contribution in [0.2, 0.25) is 5.02 Å². The van der Waals surface area contributed by atoms with Gasteiger partial charge in [0.2, 0.25) is 0 Å². The topological polar surface area (TPSA) is 87.6 Å². The van der Waals surface area contributed by atoms with Crippen molar-refractivity contribution < 1.29 is 19.0 Å². The molecular weight excluding hydrogens is 483 g/mol. The normalized spacial score (nSPS) is 20.1. The third-order valence-corrected chi connectivity index (χ3v) is 7.26. The minimum Gasteiger partial charge on any atom is -0.508 e. The van der Waals surface area contributed by atoms with Gasteiger partial charge in [-0.3, -0.25) is 4.79 Å². The maximum atomic E-state index is 16.4. The molecule has 2 unspecified atom stereocenters. The molecule has 36 heavy (non-hydrogen) atoms. The number of hydrogen-bond acceptors (Lipinski definition) is 7. The maximum absolute atomic E-state index is 16.4. The van der Waals surface area contributed by atoms with Crippen LogP contribution in [0.15, 0.2) is 42.5 Å². The quantitative estimate of drug-likeness (QED) is 0.374. The van der Waals surface area contributed by atoms with Crippen LogP contribution in [0, 0.1) is 5.82 Å². The number of nitrogens with one attached hydrogen (secondary N) is 1. The van der Waals surface area contributed by atoms with Crippen molar-refractivity contribution in [3.63, 3.8) is 0 Å². The van der Waals surface area contributed by atoms with Crippen molar-refractivity contribution in [2.45, 2.75) is 38.0 Å². The van der Waals surface area contributed by atoms with Crippen molar-refractivity contribution >= 4 is 45.4 Å². The van der Waals surface area contributed by atoms with E-state index < -0.39 is 11.9 Å². The highest BCUT2D eigenvalue weighted by atomic mass is 35.5. The Kier molecular flexibility index (Phi) is 5.65. The van der Waals surface area contributed by atoms with Crippen LogP contribution in [0.4, 0.5) is 10.2 Å². The summed E-state index contributed by atoms with van der Waals surface area (Å²) >= 11 is 6.74. The van der Waals surface area contributed by atoms with E-state index in [4.69, 9.17) is 16.3 Å². The lowest BCUT2D eigenvalue weighted by Crippen LogP contribution is -2.51. The fourth-order valence-corrected chi connectivity index (χ4v) is 5.66. The number of carbonyl (C=O) groups excluding carboxylic acids is 1. The van der Waals surface area contributed by atoms with Crippen LogP contribution in [0.5, 0.6) is 11.8 Å². The summed E-state index contributed by atoms with van der Waals surface area (Å²) in [5, 5.41) is 16.1. The molecule has 7 nitrogen and oxygen atoms in total. The largest absolute Gasteiger partial charge is 0.508 e. The van der Waals surface area contributed by atoms with Gasteiger partial charge in [0.1, 0.15) is 17.1 Å². The second kappa shape index (κ2) is 8.87. The van der Waals surface area contributed by atoms with Crippen molar-refractivity contribution in [2.24, 2.45) is 0 Å². The Bertz CT molecular complexity index is 1500. The van der Waals surface area contributed by atoms with Crippen LogP contribution in [0.3, 0.4) is 0 Å². The minimum atomic E-state index is -0.792. The van der Waals surface area contributed by atoms with Gasteiger partial charge in [0.25, 0.3) is 0 Å². The van der Waals surface area contributed by atoms with Gasteiger partial charge in [-0.25, -0.2) is 4.39 Å². The molecule has 3 heterocycles. The average molecular weight is 507 g/mol. The lowest BCUT2D eigenvalue weighted by Gasteiger charge is -2.34. The number of aromatic nitrogens is 2. The third kappa shape index (κ3) is 3.90. The van der Waals surface area contributed by atoms with Crippen LogP contribution < -0.4 is 15.0 Å². The first-order valence-electron chi connectivity index (χ1n) is 12.0. The number of piperazine rings is 1. The maximum Gasteiger partial charge on any atom is 0.319 e. The molecule has 0 aliphatic carbocycles. The molecule has 0 saturated carbocycles. The summed E-state index contributed by atoms with van der Waals surface area (Å²) in [6.07, 6.45) is 1.99. The van der Waals surface area contributed by atoms with E-state index in [1.54, 1.807) is 19.1 Å². The zero-order chi connectivity index (χ0) is 25.0. The molecule has 3 atom stereocenters. The molecular formula is C27H24ClFN4O3. The summed E-state index contributed by atoms with van der Waals surface area (Å²) < 4.78 is 22.0. The van der Waals surface area contributed by atoms with Gasteiger partial charge in [-0.2, -0.15) is 9.97 Å². The molecule has 2 aliphatic rings. The van der Waals surface area contributed by atoms with Crippen molar-refractivity contribution in [1.82, 2.24) is 15.3 Å². The molecule has 2 N–H and O–H groups in total. The molecule has 2 bridgehead atoms. The Morgan fingerprint density at radius 3 is 2.67 bits per heavy atom. The Labute approximate surface area is 211 Å². The van der Waals surface area contributed by atoms with Gasteiger partial charge in [-0.05, 0) is 54.3 Å². The Hall–Kier alpha value is -3.49.